The van der Waals surface area contributed by atoms with E-state index in [-0.39, 0.29) is 28.9 Å². The average molecular weight is 265 g/mol. The molecule has 5 heteroatoms. The lowest BCUT2D eigenvalue weighted by Crippen LogP contribution is -2.19. The van der Waals surface area contributed by atoms with Gasteiger partial charge in [0.25, 0.3) is 5.89 Å². The number of fused-ring (bicyclic) bond motifs is 2. The Hall–Kier alpha value is -2.95. The Balaban J connectivity index is 1.94. The van der Waals surface area contributed by atoms with Gasteiger partial charge in [0.15, 0.2) is 11.5 Å². The summed E-state index contributed by atoms with van der Waals surface area (Å²) >= 11 is 0. The van der Waals surface area contributed by atoms with Crippen LogP contribution < -0.4 is 0 Å². The van der Waals surface area contributed by atoms with Gasteiger partial charge in [-0.3, -0.25) is 9.59 Å². The Morgan fingerprint density at radius 2 is 1.65 bits per heavy atom. The van der Waals surface area contributed by atoms with Crippen LogP contribution >= 0.6 is 0 Å². The monoisotopic (exact) mass is 265 g/mol. The van der Waals surface area contributed by atoms with Crippen molar-refractivity contribution >= 4 is 11.6 Å². The third kappa shape index (κ3) is 1.34. The van der Waals surface area contributed by atoms with Crippen LogP contribution in [0.1, 0.15) is 32.2 Å². The zero-order chi connectivity index (χ0) is 13.7. The van der Waals surface area contributed by atoms with Crippen molar-refractivity contribution in [1.82, 2.24) is 4.98 Å². The topological polar surface area (TPSA) is 73.3 Å². The largest absolute Gasteiger partial charge is 0.459 e. The van der Waals surface area contributed by atoms with Crippen LogP contribution in [-0.4, -0.2) is 16.6 Å². The fourth-order valence-electron chi connectivity index (χ4n) is 2.26. The van der Waals surface area contributed by atoms with Crippen molar-refractivity contribution < 1.29 is 18.4 Å². The lowest BCUT2D eigenvalue weighted by Gasteiger charge is -2.10. The van der Waals surface area contributed by atoms with Crippen LogP contribution in [0, 0.1) is 0 Å². The maximum Gasteiger partial charge on any atom is 0.264 e. The summed E-state index contributed by atoms with van der Waals surface area (Å²) in [6, 6.07) is 9.96. The molecule has 0 fully saturated rings. The van der Waals surface area contributed by atoms with Gasteiger partial charge in [-0.05, 0) is 12.1 Å². The summed E-state index contributed by atoms with van der Waals surface area (Å²) in [6.45, 7) is 0. The van der Waals surface area contributed by atoms with E-state index in [1.807, 2.05) is 0 Å². The van der Waals surface area contributed by atoms with Gasteiger partial charge < -0.3 is 8.83 Å². The number of rotatable bonds is 1. The molecule has 0 saturated carbocycles. The smallest absolute Gasteiger partial charge is 0.264 e. The van der Waals surface area contributed by atoms with E-state index >= 15 is 0 Å². The number of hydrogen-bond acceptors (Lipinski definition) is 5. The van der Waals surface area contributed by atoms with Gasteiger partial charge >= 0.3 is 0 Å². The number of oxazole rings is 1. The first-order chi connectivity index (χ1) is 9.75. The van der Waals surface area contributed by atoms with Crippen LogP contribution in [0.25, 0.3) is 11.7 Å². The van der Waals surface area contributed by atoms with E-state index < -0.39 is 0 Å². The molecule has 1 aromatic carbocycles. The van der Waals surface area contributed by atoms with Crippen LogP contribution in [0.15, 0.2) is 51.5 Å². The summed E-state index contributed by atoms with van der Waals surface area (Å²) < 4.78 is 10.6. The molecule has 1 aliphatic carbocycles. The SMILES string of the molecule is O=C1c2ccccc2C(=O)c2oc(-c3ccco3)nc21. The number of hydrogen-bond donors (Lipinski definition) is 0. The molecule has 0 amide bonds. The van der Waals surface area contributed by atoms with E-state index in [4.69, 9.17) is 8.83 Å². The Bertz CT molecular complexity index is 790. The molecule has 5 nitrogen and oxygen atoms in total. The molecule has 4 rings (SSSR count). The third-order valence-corrected chi connectivity index (χ3v) is 3.20. The second-order valence-corrected chi connectivity index (χ2v) is 4.38. The molecule has 0 bridgehead atoms. The van der Waals surface area contributed by atoms with Crippen molar-refractivity contribution in [2.24, 2.45) is 0 Å². The standard InChI is InChI=1S/C15H7NO4/c17-12-8-4-1-2-5-9(8)13(18)14-11(12)16-15(20-14)10-6-3-7-19-10/h1-7H. The first kappa shape index (κ1) is 10.9. The molecule has 0 aliphatic heterocycles. The number of carbonyl (C=O) groups excluding carboxylic acids is 2. The predicted molar refractivity (Wildman–Crippen MR) is 67.5 cm³/mol. The number of carbonyl (C=O) groups is 2. The molecule has 2 aromatic heterocycles. The molecule has 0 N–H and O–H groups in total. The van der Waals surface area contributed by atoms with Crippen LogP contribution in [0.4, 0.5) is 0 Å². The Labute approximate surface area is 112 Å². The highest BCUT2D eigenvalue weighted by molar-refractivity contribution is 6.26. The minimum absolute atomic E-state index is 0.0277. The molecular formula is C15H7NO4. The summed E-state index contributed by atoms with van der Waals surface area (Å²) in [4.78, 5) is 28.7. The zero-order valence-electron chi connectivity index (χ0n) is 10.1. The van der Waals surface area contributed by atoms with Gasteiger partial charge in [0, 0.05) is 11.1 Å². The fraction of sp³-hybridized carbons (Fsp3) is 0. The van der Waals surface area contributed by atoms with E-state index in [1.165, 1.54) is 6.26 Å². The zero-order valence-corrected chi connectivity index (χ0v) is 10.1. The predicted octanol–water partition coefficient (Wildman–Crippen LogP) is 2.71. The maximum atomic E-state index is 12.3. The molecule has 0 unspecified atom stereocenters. The van der Waals surface area contributed by atoms with Gasteiger partial charge in [-0.1, -0.05) is 24.3 Å². The lowest BCUT2D eigenvalue weighted by atomic mass is 9.91. The summed E-state index contributed by atoms with van der Waals surface area (Å²) in [5.41, 5.74) is 0.733. The minimum atomic E-state index is -0.333. The average Bonchev–Trinajstić information content (AvgIpc) is 3.13. The van der Waals surface area contributed by atoms with Gasteiger partial charge in [-0.25, -0.2) is 4.98 Å². The Kier molecular flexibility index (Phi) is 2.06. The second-order valence-electron chi connectivity index (χ2n) is 4.38. The number of nitrogens with zero attached hydrogens (tertiary/aromatic N) is 1. The van der Waals surface area contributed by atoms with E-state index in [1.54, 1.807) is 36.4 Å². The van der Waals surface area contributed by atoms with Gasteiger partial charge in [0.1, 0.15) is 0 Å². The fourth-order valence-corrected chi connectivity index (χ4v) is 2.26. The number of furan rings is 1. The summed E-state index contributed by atoms with van der Waals surface area (Å²) in [5, 5.41) is 0. The molecule has 96 valence electrons. The molecule has 0 spiro atoms. The van der Waals surface area contributed by atoms with Crippen LogP contribution in [0.5, 0.6) is 0 Å². The molecule has 0 atom stereocenters. The number of benzene rings is 1. The van der Waals surface area contributed by atoms with Gasteiger partial charge in [-0.15, -0.1) is 0 Å². The highest BCUT2D eigenvalue weighted by Crippen LogP contribution is 2.30. The van der Waals surface area contributed by atoms with Crippen LogP contribution in [0.2, 0.25) is 0 Å². The quantitative estimate of drug-likeness (QED) is 0.529. The molecule has 2 heterocycles. The number of aromatic nitrogens is 1. The van der Waals surface area contributed by atoms with Crippen LogP contribution in [-0.2, 0) is 0 Å². The van der Waals surface area contributed by atoms with Gasteiger partial charge in [-0.2, -0.15) is 0 Å². The lowest BCUT2D eigenvalue weighted by molar-refractivity contribution is 0.0959. The minimum Gasteiger partial charge on any atom is -0.459 e. The van der Waals surface area contributed by atoms with Crippen molar-refractivity contribution in [2.75, 3.05) is 0 Å². The molecule has 1 aliphatic rings. The summed E-state index contributed by atoms with van der Waals surface area (Å²) in [7, 11) is 0. The molecule has 3 aromatic rings. The molecule has 0 saturated heterocycles. The Morgan fingerprint density at radius 3 is 2.35 bits per heavy atom. The van der Waals surface area contributed by atoms with E-state index in [9.17, 15) is 9.59 Å². The van der Waals surface area contributed by atoms with Gasteiger partial charge in [0.05, 0.1) is 6.26 Å². The Morgan fingerprint density at radius 1 is 0.900 bits per heavy atom. The summed E-state index contributed by atoms with van der Waals surface area (Å²) in [5.74, 6) is -0.157. The van der Waals surface area contributed by atoms with E-state index in [0.29, 0.717) is 16.9 Å². The maximum absolute atomic E-state index is 12.3. The molecule has 20 heavy (non-hydrogen) atoms. The van der Waals surface area contributed by atoms with Gasteiger partial charge in [0.2, 0.25) is 17.3 Å². The molecule has 0 radical (unpaired) electrons. The van der Waals surface area contributed by atoms with Crippen molar-refractivity contribution in [3.05, 3.63) is 65.2 Å². The first-order valence-electron chi connectivity index (χ1n) is 5.99. The highest BCUT2D eigenvalue weighted by Gasteiger charge is 2.35. The van der Waals surface area contributed by atoms with E-state index in [0.717, 1.165) is 0 Å². The van der Waals surface area contributed by atoms with Crippen molar-refractivity contribution in [2.45, 2.75) is 0 Å². The second kappa shape index (κ2) is 3.77. The van der Waals surface area contributed by atoms with Crippen LogP contribution in [0.3, 0.4) is 0 Å². The van der Waals surface area contributed by atoms with Crippen molar-refractivity contribution in [3.63, 3.8) is 0 Å². The number of ketones is 2. The molecular weight excluding hydrogens is 258 g/mol. The van der Waals surface area contributed by atoms with Crippen molar-refractivity contribution in [1.29, 1.82) is 0 Å². The third-order valence-electron chi connectivity index (χ3n) is 3.20. The normalized spacial score (nSPS) is 13.2. The van der Waals surface area contributed by atoms with Crippen molar-refractivity contribution in [3.8, 4) is 11.7 Å². The van der Waals surface area contributed by atoms with E-state index in [2.05, 4.69) is 4.98 Å². The highest BCUT2D eigenvalue weighted by atomic mass is 16.4. The first-order valence-corrected chi connectivity index (χ1v) is 5.99. The summed E-state index contributed by atoms with van der Waals surface area (Å²) in [6.07, 6.45) is 1.47.